The maximum absolute atomic E-state index is 10.5. The SMILES string of the molecule is NC(=O)CC1COC(CO)OC1. The third-order valence-corrected chi connectivity index (χ3v) is 1.67. The van der Waals surface area contributed by atoms with Gasteiger partial charge in [-0.3, -0.25) is 4.79 Å². The van der Waals surface area contributed by atoms with Gasteiger partial charge in [0.15, 0.2) is 6.29 Å². The lowest BCUT2D eigenvalue weighted by Crippen LogP contribution is -2.36. The molecule has 1 fully saturated rings. The van der Waals surface area contributed by atoms with Crippen molar-refractivity contribution in [2.75, 3.05) is 19.8 Å². The van der Waals surface area contributed by atoms with Crippen LogP contribution in [0.5, 0.6) is 0 Å². The van der Waals surface area contributed by atoms with Crippen molar-refractivity contribution in [3.05, 3.63) is 0 Å². The second-order valence-electron chi connectivity index (χ2n) is 2.82. The molecule has 0 aromatic heterocycles. The minimum atomic E-state index is -0.533. The van der Waals surface area contributed by atoms with Gasteiger partial charge in [-0.25, -0.2) is 0 Å². The normalized spacial score (nSPS) is 30.1. The molecule has 1 rings (SSSR count). The van der Waals surface area contributed by atoms with Gasteiger partial charge in [-0.2, -0.15) is 0 Å². The van der Waals surface area contributed by atoms with Crippen LogP contribution in [0.1, 0.15) is 6.42 Å². The summed E-state index contributed by atoms with van der Waals surface area (Å²) < 4.78 is 10.1. The van der Waals surface area contributed by atoms with E-state index in [1.165, 1.54) is 0 Å². The lowest BCUT2D eigenvalue weighted by molar-refractivity contribution is -0.215. The summed E-state index contributed by atoms with van der Waals surface area (Å²) in [5.41, 5.74) is 4.99. The fraction of sp³-hybridized carbons (Fsp3) is 0.857. The van der Waals surface area contributed by atoms with E-state index in [-0.39, 0.29) is 24.9 Å². The first-order valence-electron chi connectivity index (χ1n) is 3.84. The zero-order valence-electron chi connectivity index (χ0n) is 6.73. The smallest absolute Gasteiger partial charge is 0.217 e. The summed E-state index contributed by atoms with van der Waals surface area (Å²) in [5, 5.41) is 8.62. The highest BCUT2D eigenvalue weighted by atomic mass is 16.7. The van der Waals surface area contributed by atoms with E-state index < -0.39 is 6.29 Å². The van der Waals surface area contributed by atoms with Gasteiger partial charge in [0.2, 0.25) is 5.91 Å². The quantitative estimate of drug-likeness (QED) is 0.567. The highest BCUT2D eigenvalue weighted by Gasteiger charge is 2.22. The van der Waals surface area contributed by atoms with Crippen molar-refractivity contribution < 1.29 is 19.4 Å². The summed E-state index contributed by atoms with van der Waals surface area (Å²) in [4.78, 5) is 10.5. The molecule has 0 radical (unpaired) electrons. The standard InChI is InChI=1S/C7H13NO4/c8-6(10)1-5-3-11-7(2-9)12-4-5/h5,7,9H,1-4H2,(H2,8,10). The molecular formula is C7H13NO4. The van der Waals surface area contributed by atoms with Gasteiger partial charge in [-0.15, -0.1) is 0 Å². The molecule has 3 N–H and O–H groups in total. The average molecular weight is 175 g/mol. The lowest BCUT2D eigenvalue weighted by atomic mass is 10.1. The summed E-state index contributed by atoms with van der Waals surface area (Å²) in [6, 6.07) is 0. The first-order chi connectivity index (χ1) is 5.72. The van der Waals surface area contributed by atoms with E-state index >= 15 is 0 Å². The Bertz CT molecular complexity index is 153. The van der Waals surface area contributed by atoms with Crippen LogP contribution in [-0.4, -0.2) is 37.1 Å². The summed E-state index contributed by atoms with van der Waals surface area (Å²) in [5.74, 6) is -0.319. The van der Waals surface area contributed by atoms with E-state index in [0.29, 0.717) is 13.2 Å². The van der Waals surface area contributed by atoms with Gasteiger partial charge < -0.3 is 20.3 Å². The number of carbonyl (C=O) groups excluding carboxylic acids is 1. The monoisotopic (exact) mass is 175 g/mol. The maximum Gasteiger partial charge on any atom is 0.217 e. The molecule has 5 nitrogen and oxygen atoms in total. The number of nitrogens with two attached hydrogens (primary N) is 1. The Morgan fingerprint density at radius 2 is 2.08 bits per heavy atom. The maximum atomic E-state index is 10.5. The molecule has 0 spiro atoms. The van der Waals surface area contributed by atoms with Gasteiger partial charge in [0.05, 0.1) is 19.8 Å². The summed E-state index contributed by atoms with van der Waals surface area (Å²) in [6.45, 7) is 0.700. The van der Waals surface area contributed by atoms with E-state index in [4.69, 9.17) is 20.3 Å². The number of aliphatic hydroxyl groups is 1. The number of rotatable bonds is 3. The molecule has 1 heterocycles. The third kappa shape index (κ3) is 2.77. The molecule has 1 saturated heterocycles. The fourth-order valence-corrected chi connectivity index (χ4v) is 1.09. The third-order valence-electron chi connectivity index (χ3n) is 1.67. The van der Waals surface area contributed by atoms with Crippen molar-refractivity contribution >= 4 is 5.91 Å². The Kier molecular flexibility index (Phi) is 3.46. The van der Waals surface area contributed by atoms with Crippen LogP contribution in [0, 0.1) is 5.92 Å². The van der Waals surface area contributed by atoms with Crippen LogP contribution < -0.4 is 5.73 Å². The minimum absolute atomic E-state index is 0.0327. The average Bonchev–Trinajstić information content (AvgIpc) is 2.05. The van der Waals surface area contributed by atoms with E-state index in [1.807, 2.05) is 0 Å². The fourth-order valence-electron chi connectivity index (χ4n) is 1.09. The van der Waals surface area contributed by atoms with Crippen LogP contribution in [0.25, 0.3) is 0 Å². The van der Waals surface area contributed by atoms with Crippen molar-refractivity contribution in [3.8, 4) is 0 Å². The number of amides is 1. The van der Waals surface area contributed by atoms with Crippen molar-refractivity contribution in [1.29, 1.82) is 0 Å². The highest BCUT2D eigenvalue weighted by Crippen LogP contribution is 2.13. The molecule has 1 aliphatic heterocycles. The largest absolute Gasteiger partial charge is 0.391 e. The van der Waals surface area contributed by atoms with Gasteiger partial charge in [-0.1, -0.05) is 0 Å². The van der Waals surface area contributed by atoms with Gasteiger partial charge in [0, 0.05) is 12.3 Å². The molecular weight excluding hydrogens is 162 g/mol. The van der Waals surface area contributed by atoms with Crippen molar-refractivity contribution in [2.24, 2.45) is 11.7 Å². The number of hydrogen-bond donors (Lipinski definition) is 2. The van der Waals surface area contributed by atoms with Crippen LogP contribution in [0.3, 0.4) is 0 Å². The predicted octanol–water partition coefficient (Wildman–Crippen LogP) is -1.16. The van der Waals surface area contributed by atoms with Crippen molar-refractivity contribution in [3.63, 3.8) is 0 Å². The molecule has 12 heavy (non-hydrogen) atoms. The Morgan fingerprint density at radius 3 is 2.50 bits per heavy atom. The molecule has 5 heteroatoms. The Morgan fingerprint density at radius 1 is 1.50 bits per heavy atom. The van der Waals surface area contributed by atoms with E-state index in [2.05, 4.69) is 0 Å². The summed E-state index contributed by atoms with van der Waals surface area (Å²) in [7, 11) is 0. The minimum Gasteiger partial charge on any atom is -0.391 e. The van der Waals surface area contributed by atoms with E-state index in [0.717, 1.165) is 0 Å². The molecule has 0 unspecified atom stereocenters. The molecule has 0 aromatic carbocycles. The Balaban J connectivity index is 2.21. The second kappa shape index (κ2) is 4.39. The molecule has 1 aliphatic rings. The van der Waals surface area contributed by atoms with Gasteiger partial charge in [0.25, 0.3) is 0 Å². The van der Waals surface area contributed by atoms with Crippen LogP contribution in [0.15, 0.2) is 0 Å². The zero-order valence-corrected chi connectivity index (χ0v) is 6.73. The number of ether oxygens (including phenoxy) is 2. The molecule has 0 atom stereocenters. The summed E-state index contributed by atoms with van der Waals surface area (Å²) >= 11 is 0. The van der Waals surface area contributed by atoms with Gasteiger partial charge in [-0.05, 0) is 0 Å². The first-order valence-corrected chi connectivity index (χ1v) is 3.84. The van der Waals surface area contributed by atoms with Crippen molar-refractivity contribution in [1.82, 2.24) is 0 Å². The molecule has 0 aromatic rings. The van der Waals surface area contributed by atoms with Crippen LogP contribution in [0.4, 0.5) is 0 Å². The first kappa shape index (κ1) is 9.44. The lowest BCUT2D eigenvalue weighted by Gasteiger charge is -2.27. The number of primary amides is 1. The molecule has 0 bridgehead atoms. The Labute approximate surface area is 70.4 Å². The Hall–Kier alpha value is -0.650. The highest BCUT2D eigenvalue weighted by molar-refractivity contribution is 5.74. The zero-order chi connectivity index (χ0) is 8.97. The van der Waals surface area contributed by atoms with Gasteiger partial charge >= 0.3 is 0 Å². The molecule has 70 valence electrons. The number of carbonyl (C=O) groups is 1. The van der Waals surface area contributed by atoms with Crippen LogP contribution in [-0.2, 0) is 14.3 Å². The molecule has 0 saturated carbocycles. The van der Waals surface area contributed by atoms with E-state index in [9.17, 15) is 4.79 Å². The predicted molar refractivity (Wildman–Crippen MR) is 40.1 cm³/mol. The van der Waals surface area contributed by atoms with Crippen LogP contribution in [0.2, 0.25) is 0 Å². The topological polar surface area (TPSA) is 81.8 Å². The van der Waals surface area contributed by atoms with E-state index in [1.54, 1.807) is 0 Å². The molecule has 1 amide bonds. The summed E-state index contributed by atoms with van der Waals surface area (Å²) in [6.07, 6.45) is -0.257. The molecule has 0 aliphatic carbocycles. The number of aliphatic hydroxyl groups excluding tert-OH is 1. The van der Waals surface area contributed by atoms with Crippen LogP contribution >= 0.6 is 0 Å². The van der Waals surface area contributed by atoms with Gasteiger partial charge in [0.1, 0.15) is 0 Å². The van der Waals surface area contributed by atoms with Crippen molar-refractivity contribution in [2.45, 2.75) is 12.7 Å². The second-order valence-corrected chi connectivity index (χ2v) is 2.82. The number of hydrogen-bond acceptors (Lipinski definition) is 4.